The topological polar surface area (TPSA) is 114 Å². The van der Waals surface area contributed by atoms with Gasteiger partial charge in [-0.2, -0.15) is 0 Å². The average molecular weight is 540 g/mol. The van der Waals surface area contributed by atoms with Crippen molar-refractivity contribution in [2.75, 3.05) is 20.7 Å². The summed E-state index contributed by atoms with van der Waals surface area (Å²) in [5.74, 6) is 1.57. The van der Waals surface area contributed by atoms with Crippen LogP contribution in [0.1, 0.15) is 82.8 Å². The molecule has 0 bridgehead atoms. The zero-order valence-electron chi connectivity index (χ0n) is 24.3. The second-order valence-electron chi connectivity index (χ2n) is 11.0. The lowest BCUT2D eigenvalue weighted by Crippen LogP contribution is -2.33. The number of hydrogen-bond acceptors (Lipinski definition) is 7. The lowest BCUT2D eigenvalue weighted by Gasteiger charge is -2.17. The van der Waals surface area contributed by atoms with Crippen LogP contribution in [0, 0.1) is 11.8 Å². The van der Waals surface area contributed by atoms with Gasteiger partial charge < -0.3 is 26.2 Å². The summed E-state index contributed by atoms with van der Waals surface area (Å²) >= 11 is 0. The van der Waals surface area contributed by atoms with Crippen LogP contribution in [0.5, 0.6) is 11.5 Å². The molecule has 0 saturated heterocycles. The van der Waals surface area contributed by atoms with Crippen LogP contribution in [0.15, 0.2) is 42.1 Å². The zero-order chi connectivity index (χ0) is 28.6. The van der Waals surface area contributed by atoms with E-state index in [4.69, 9.17) is 10.5 Å². The Morgan fingerprint density at radius 3 is 2.59 bits per heavy atom. The first kappa shape index (κ1) is 32.3. The Morgan fingerprint density at radius 1 is 1.15 bits per heavy atom. The molecule has 2 atom stereocenters. The monoisotopic (exact) mass is 539 g/mol. The van der Waals surface area contributed by atoms with Gasteiger partial charge in [0, 0.05) is 12.6 Å². The minimum atomic E-state index is -0.221. The molecule has 7 nitrogen and oxygen atoms in total. The van der Waals surface area contributed by atoms with Crippen molar-refractivity contribution in [2.45, 2.75) is 84.2 Å². The smallest absolute Gasteiger partial charge is 0.163 e. The zero-order valence-corrected chi connectivity index (χ0v) is 24.3. The summed E-state index contributed by atoms with van der Waals surface area (Å²) in [6.45, 7) is 5.59. The maximum absolute atomic E-state index is 12.5. The summed E-state index contributed by atoms with van der Waals surface area (Å²) < 4.78 is 5.25. The summed E-state index contributed by atoms with van der Waals surface area (Å²) in [7, 11) is 3.50. The number of dihydropyridines is 1. The van der Waals surface area contributed by atoms with Crippen LogP contribution in [0.4, 0.5) is 0 Å². The van der Waals surface area contributed by atoms with E-state index >= 15 is 0 Å². The highest BCUT2D eigenvalue weighted by Crippen LogP contribution is 2.32. The average Bonchev–Trinajstić information content (AvgIpc) is 2.89. The number of carbonyl (C=O) groups is 2. The molecule has 39 heavy (non-hydrogen) atoms. The fourth-order valence-corrected chi connectivity index (χ4v) is 4.87. The van der Waals surface area contributed by atoms with Crippen molar-refractivity contribution in [1.82, 2.24) is 10.6 Å². The van der Waals surface area contributed by atoms with Gasteiger partial charge in [0.05, 0.1) is 19.7 Å². The van der Waals surface area contributed by atoms with Crippen LogP contribution >= 0.6 is 0 Å². The van der Waals surface area contributed by atoms with Crippen molar-refractivity contribution in [3.8, 4) is 11.5 Å². The number of phenolic OH excluding ortho intramolecular Hbond substituents is 1. The van der Waals surface area contributed by atoms with Gasteiger partial charge in [-0.25, -0.2) is 0 Å². The number of benzene rings is 1. The van der Waals surface area contributed by atoms with E-state index in [1.165, 1.54) is 38.9 Å². The number of hydrogen-bond donors (Lipinski definition) is 4. The molecule has 1 unspecified atom stereocenters. The third-order valence-electron chi connectivity index (χ3n) is 7.09. The van der Waals surface area contributed by atoms with Gasteiger partial charge >= 0.3 is 0 Å². The number of allylic oxidation sites excluding steroid dienone is 3. The number of ketones is 2. The van der Waals surface area contributed by atoms with Crippen molar-refractivity contribution in [2.24, 2.45) is 17.6 Å². The molecule has 1 heterocycles. The van der Waals surface area contributed by atoms with Crippen molar-refractivity contribution < 1.29 is 19.4 Å². The number of Topliss-reactive ketones (excluding diaryl/α,β-unsaturated/α-hetero) is 1. The lowest BCUT2D eigenvalue weighted by molar-refractivity contribution is -0.124. The molecule has 1 aliphatic heterocycles. The van der Waals surface area contributed by atoms with E-state index in [0.717, 1.165) is 48.4 Å². The third kappa shape index (κ3) is 12.7. The van der Waals surface area contributed by atoms with Gasteiger partial charge in [-0.05, 0) is 92.1 Å². The fourth-order valence-electron chi connectivity index (χ4n) is 4.87. The summed E-state index contributed by atoms with van der Waals surface area (Å²) in [6, 6.07) is 3.34. The predicted molar refractivity (Wildman–Crippen MR) is 160 cm³/mol. The standard InChI is InChI=1S/C32H49N3O4/c1-23(2)9-8-11-24(21-34-3)10-6-5-7-12-28(36)20-29(37)15-14-26-19-31(39-4)30(38)18-27(26)17-25-13-16-32(33)35-22-25/h13-16,18-19,22-24,32,34-35,38H,5-12,17,20-21,33H2,1-4H3/b15-14+/t24-,32?/m1/s1. The quantitative estimate of drug-likeness (QED) is 0.105. The van der Waals surface area contributed by atoms with Gasteiger partial charge in [0.15, 0.2) is 17.3 Å². The minimum Gasteiger partial charge on any atom is -0.504 e. The molecular weight excluding hydrogens is 490 g/mol. The highest BCUT2D eigenvalue weighted by atomic mass is 16.5. The van der Waals surface area contributed by atoms with Crippen molar-refractivity contribution in [1.29, 1.82) is 0 Å². The summed E-state index contributed by atoms with van der Waals surface area (Å²) in [5.41, 5.74) is 8.39. The Bertz CT molecular complexity index is 1010. The van der Waals surface area contributed by atoms with E-state index in [2.05, 4.69) is 24.5 Å². The maximum Gasteiger partial charge on any atom is 0.163 e. The maximum atomic E-state index is 12.5. The number of unbranched alkanes of at least 4 members (excludes halogenated alkanes) is 2. The molecule has 216 valence electrons. The highest BCUT2D eigenvalue weighted by Gasteiger charge is 2.13. The first-order valence-electron chi connectivity index (χ1n) is 14.4. The van der Waals surface area contributed by atoms with Crippen molar-refractivity contribution >= 4 is 17.6 Å². The van der Waals surface area contributed by atoms with Gasteiger partial charge in [0.25, 0.3) is 0 Å². The van der Waals surface area contributed by atoms with E-state index in [1.807, 2.05) is 25.4 Å². The summed E-state index contributed by atoms with van der Waals surface area (Å²) in [6.07, 6.45) is 17.4. The summed E-state index contributed by atoms with van der Waals surface area (Å²) in [5, 5.41) is 16.7. The molecular formula is C32H49N3O4. The molecule has 0 fully saturated rings. The number of phenols is 1. The molecule has 0 radical (unpaired) electrons. The molecule has 1 aromatic rings. The number of carbonyl (C=O) groups excluding carboxylic acids is 2. The Hall–Kier alpha value is -2.90. The molecule has 0 spiro atoms. The predicted octanol–water partition coefficient (Wildman–Crippen LogP) is 5.43. The number of methoxy groups -OCH3 is 1. The number of aromatic hydroxyl groups is 1. The molecule has 1 aliphatic rings. The fraction of sp³-hybridized carbons (Fsp3) is 0.562. The second-order valence-corrected chi connectivity index (χ2v) is 11.0. The van der Waals surface area contributed by atoms with Crippen LogP contribution in [-0.4, -0.2) is 43.5 Å². The SMILES string of the molecule is CNC[C@H](CCCCCC(=O)CC(=O)/C=C/c1cc(OC)c(O)cc1CC1=CNC(N)C=C1)CCCC(C)C. The van der Waals surface area contributed by atoms with Crippen molar-refractivity contribution in [3.05, 3.63) is 53.3 Å². The van der Waals surface area contributed by atoms with E-state index in [-0.39, 0.29) is 29.9 Å². The lowest BCUT2D eigenvalue weighted by atomic mass is 9.93. The Morgan fingerprint density at radius 2 is 1.92 bits per heavy atom. The van der Waals surface area contributed by atoms with Crippen LogP contribution in [0.25, 0.3) is 6.08 Å². The third-order valence-corrected chi connectivity index (χ3v) is 7.09. The Kier molecular flexibility index (Phi) is 14.6. The molecule has 0 aromatic heterocycles. The first-order valence-corrected chi connectivity index (χ1v) is 14.4. The van der Waals surface area contributed by atoms with Crippen LogP contribution in [0.3, 0.4) is 0 Å². The molecule has 0 amide bonds. The van der Waals surface area contributed by atoms with Gasteiger partial charge in [-0.1, -0.05) is 51.7 Å². The van der Waals surface area contributed by atoms with Crippen molar-refractivity contribution in [3.63, 3.8) is 0 Å². The van der Waals surface area contributed by atoms with Gasteiger partial charge in [-0.3, -0.25) is 9.59 Å². The first-order chi connectivity index (χ1) is 18.7. The highest BCUT2D eigenvalue weighted by molar-refractivity contribution is 6.06. The molecule has 0 aliphatic carbocycles. The Balaban J connectivity index is 1.83. The van der Waals surface area contributed by atoms with Gasteiger partial charge in [0.1, 0.15) is 5.78 Å². The van der Waals surface area contributed by atoms with E-state index in [1.54, 1.807) is 18.2 Å². The molecule has 5 N–H and O–H groups in total. The van der Waals surface area contributed by atoms with Gasteiger partial charge in [0.2, 0.25) is 0 Å². The second kappa shape index (κ2) is 17.6. The van der Waals surface area contributed by atoms with Crippen LogP contribution in [0.2, 0.25) is 0 Å². The van der Waals surface area contributed by atoms with E-state index in [0.29, 0.717) is 24.5 Å². The number of ether oxygens (including phenoxy) is 1. The van der Waals surface area contributed by atoms with Crippen LogP contribution in [-0.2, 0) is 16.0 Å². The molecule has 0 saturated carbocycles. The largest absolute Gasteiger partial charge is 0.504 e. The Labute approximate surface area is 235 Å². The summed E-state index contributed by atoms with van der Waals surface area (Å²) in [4.78, 5) is 25.0. The van der Waals surface area contributed by atoms with E-state index < -0.39 is 0 Å². The number of rotatable bonds is 19. The van der Waals surface area contributed by atoms with E-state index in [9.17, 15) is 14.7 Å². The number of nitrogens with one attached hydrogen (secondary N) is 2. The number of nitrogens with two attached hydrogens (primary N) is 1. The minimum absolute atomic E-state index is 0.0169. The molecule has 2 rings (SSSR count). The van der Waals surface area contributed by atoms with Gasteiger partial charge in [-0.15, -0.1) is 0 Å². The normalized spacial score (nSPS) is 15.8. The molecule has 7 heteroatoms. The molecule has 1 aromatic carbocycles. The van der Waals surface area contributed by atoms with Crippen LogP contribution < -0.4 is 21.1 Å².